The summed E-state index contributed by atoms with van der Waals surface area (Å²) in [6.45, 7) is 2.08. The van der Waals surface area contributed by atoms with Gasteiger partial charge < -0.3 is 14.9 Å². The Morgan fingerprint density at radius 3 is 2.47 bits per heavy atom. The zero-order valence-electron chi connectivity index (χ0n) is 18.4. The Morgan fingerprint density at radius 2 is 1.68 bits per heavy atom. The van der Waals surface area contributed by atoms with Gasteiger partial charge in [0.15, 0.2) is 0 Å². The third-order valence-electron chi connectivity index (χ3n) is 5.56. The molecule has 0 bridgehead atoms. The Labute approximate surface area is 193 Å². The van der Waals surface area contributed by atoms with Gasteiger partial charge in [-0.3, -0.25) is 9.59 Å². The second kappa shape index (κ2) is 8.67. The number of fused-ring (bicyclic) bond motifs is 2. The molecule has 0 fully saturated rings. The van der Waals surface area contributed by atoms with E-state index in [4.69, 9.17) is 0 Å². The highest BCUT2D eigenvalue weighted by Gasteiger charge is 2.11. The third-order valence-corrected chi connectivity index (χ3v) is 5.56. The molecular formula is C26H21N5O3. The molecule has 8 nitrogen and oxygen atoms in total. The van der Waals surface area contributed by atoms with Crippen LogP contribution in [0.4, 0.5) is 5.69 Å². The van der Waals surface area contributed by atoms with Crippen molar-refractivity contribution in [2.24, 2.45) is 5.10 Å². The van der Waals surface area contributed by atoms with Crippen molar-refractivity contribution < 1.29 is 4.79 Å². The van der Waals surface area contributed by atoms with Crippen LogP contribution in [0.2, 0.25) is 0 Å². The van der Waals surface area contributed by atoms with E-state index in [1.54, 1.807) is 30.5 Å². The summed E-state index contributed by atoms with van der Waals surface area (Å²) in [5.41, 5.74) is 2.69. The second-order valence-corrected chi connectivity index (χ2v) is 7.98. The summed E-state index contributed by atoms with van der Waals surface area (Å²) in [6, 6.07) is 21.9. The minimum absolute atomic E-state index is 0.0960. The molecule has 0 atom stereocenters. The fourth-order valence-electron chi connectivity index (χ4n) is 3.88. The number of carbonyl (C=O) groups excluding carboxylic acids is 1. The standard InChI is InChI=1S/C26H21N5O3/c1-17-10-12-19(13-11-17)28-24(32)16-30-15-18(20-6-3-5-9-23(20)30)14-27-31-25(33)21-7-2-4-8-22(21)29-26(31)34/h2-15H,16H2,1H3,(H,28,32)(H,29,34). The first-order chi connectivity index (χ1) is 16.5. The third kappa shape index (κ3) is 4.04. The Balaban J connectivity index is 1.47. The number of benzene rings is 3. The normalized spacial score (nSPS) is 11.4. The van der Waals surface area contributed by atoms with Crippen molar-refractivity contribution >= 4 is 39.6 Å². The quantitative estimate of drug-likeness (QED) is 0.400. The largest absolute Gasteiger partial charge is 0.349 e. The molecule has 0 spiro atoms. The van der Waals surface area contributed by atoms with Gasteiger partial charge in [0.2, 0.25) is 5.91 Å². The lowest BCUT2D eigenvalue weighted by molar-refractivity contribution is -0.116. The maximum atomic E-state index is 12.8. The lowest BCUT2D eigenvalue weighted by Crippen LogP contribution is -2.32. The van der Waals surface area contributed by atoms with Crippen molar-refractivity contribution in [3.05, 3.63) is 111 Å². The number of nitrogens with zero attached hydrogens (tertiary/aromatic N) is 3. The molecule has 3 aromatic carbocycles. The van der Waals surface area contributed by atoms with Crippen molar-refractivity contribution in [3.63, 3.8) is 0 Å². The van der Waals surface area contributed by atoms with E-state index < -0.39 is 11.2 Å². The zero-order valence-corrected chi connectivity index (χ0v) is 18.4. The first-order valence-corrected chi connectivity index (χ1v) is 10.7. The molecule has 1 amide bonds. The average molecular weight is 451 g/mol. The Hall–Kier alpha value is -4.72. The number of aromatic amines is 1. The fraction of sp³-hybridized carbons (Fsp3) is 0.0769. The van der Waals surface area contributed by atoms with E-state index in [2.05, 4.69) is 15.4 Å². The first kappa shape index (κ1) is 21.1. The van der Waals surface area contributed by atoms with Crippen LogP contribution in [-0.4, -0.2) is 26.3 Å². The molecule has 0 saturated heterocycles. The summed E-state index contributed by atoms with van der Waals surface area (Å²) in [6.07, 6.45) is 3.24. The highest BCUT2D eigenvalue weighted by molar-refractivity contribution is 6.00. The average Bonchev–Trinajstić information content (AvgIpc) is 3.18. The summed E-state index contributed by atoms with van der Waals surface area (Å²) < 4.78 is 2.62. The molecule has 0 aliphatic rings. The molecule has 2 heterocycles. The van der Waals surface area contributed by atoms with Gasteiger partial charge in [0.05, 0.1) is 17.1 Å². The van der Waals surface area contributed by atoms with Crippen LogP contribution >= 0.6 is 0 Å². The number of carbonyl (C=O) groups is 1. The smallest absolute Gasteiger partial charge is 0.337 e. The number of para-hydroxylation sites is 2. The molecule has 0 unspecified atom stereocenters. The maximum Gasteiger partial charge on any atom is 0.349 e. The Bertz CT molecular complexity index is 1670. The van der Waals surface area contributed by atoms with Crippen molar-refractivity contribution in [2.45, 2.75) is 13.5 Å². The number of rotatable bonds is 5. The summed E-state index contributed by atoms with van der Waals surface area (Å²) in [5.74, 6) is -0.171. The molecule has 0 aliphatic carbocycles. The molecular weight excluding hydrogens is 430 g/mol. The summed E-state index contributed by atoms with van der Waals surface area (Å²) in [4.78, 5) is 40.5. The van der Waals surface area contributed by atoms with Gasteiger partial charge in [-0.1, -0.05) is 48.0 Å². The lowest BCUT2D eigenvalue weighted by atomic mass is 10.2. The van der Waals surface area contributed by atoms with Crippen molar-refractivity contribution in [3.8, 4) is 0 Å². The van der Waals surface area contributed by atoms with Crippen molar-refractivity contribution in [1.29, 1.82) is 0 Å². The predicted octanol–water partition coefficient (Wildman–Crippen LogP) is 3.47. The van der Waals surface area contributed by atoms with E-state index in [1.807, 2.05) is 60.0 Å². The molecule has 5 aromatic rings. The van der Waals surface area contributed by atoms with Gasteiger partial charge in [0, 0.05) is 28.4 Å². The minimum atomic E-state index is -0.624. The van der Waals surface area contributed by atoms with E-state index >= 15 is 0 Å². The van der Waals surface area contributed by atoms with Gasteiger partial charge in [-0.2, -0.15) is 5.10 Å². The van der Waals surface area contributed by atoms with Gasteiger partial charge in [-0.05, 0) is 37.3 Å². The molecule has 168 valence electrons. The summed E-state index contributed by atoms with van der Waals surface area (Å²) >= 11 is 0. The number of hydrogen-bond acceptors (Lipinski definition) is 4. The highest BCUT2D eigenvalue weighted by Crippen LogP contribution is 2.20. The number of amides is 1. The molecule has 2 aromatic heterocycles. The molecule has 8 heteroatoms. The van der Waals surface area contributed by atoms with Crippen LogP contribution in [0.3, 0.4) is 0 Å². The predicted molar refractivity (Wildman–Crippen MR) is 134 cm³/mol. The molecule has 0 saturated carbocycles. The maximum absolute atomic E-state index is 12.8. The number of nitrogens with one attached hydrogen (secondary N) is 2. The van der Waals surface area contributed by atoms with Crippen LogP contribution in [0.15, 0.2) is 93.7 Å². The topological polar surface area (TPSA) is 101 Å². The highest BCUT2D eigenvalue weighted by atomic mass is 16.2. The summed E-state index contributed by atoms with van der Waals surface area (Å²) in [5, 5.41) is 8.28. The van der Waals surface area contributed by atoms with E-state index in [1.165, 1.54) is 6.21 Å². The van der Waals surface area contributed by atoms with E-state index in [9.17, 15) is 14.4 Å². The minimum Gasteiger partial charge on any atom is -0.337 e. The molecule has 0 radical (unpaired) electrons. The lowest BCUT2D eigenvalue weighted by Gasteiger charge is -2.07. The van der Waals surface area contributed by atoms with E-state index in [0.29, 0.717) is 16.5 Å². The van der Waals surface area contributed by atoms with E-state index in [0.717, 1.165) is 26.8 Å². The molecule has 0 aliphatic heterocycles. The van der Waals surface area contributed by atoms with Crippen LogP contribution in [0.25, 0.3) is 21.8 Å². The van der Waals surface area contributed by atoms with E-state index in [-0.39, 0.29) is 12.5 Å². The second-order valence-electron chi connectivity index (χ2n) is 7.98. The van der Waals surface area contributed by atoms with Gasteiger partial charge in [0.1, 0.15) is 6.54 Å². The molecule has 2 N–H and O–H groups in total. The number of hydrogen-bond donors (Lipinski definition) is 2. The number of aromatic nitrogens is 3. The zero-order chi connectivity index (χ0) is 23.7. The number of anilines is 1. The Kier molecular flexibility index (Phi) is 5.39. The van der Waals surface area contributed by atoms with Gasteiger partial charge >= 0.3 is 5.69 Å². The molecule has 5 rings (SSSR count). The monoisotopic (exact) mass is 451 g/mol. The Morgan fingerprint density at radius 1 is 0.971 bits per heavy atom. The number of aryl methyl sites for hydroxylation is 1. The van der Waals surface area contributed by atoms with Crippen LogP contribution in [0, 0.1) is 6.92 Å². The first-order valence-electron chi connectivity index (χ1n) is 10.7. The van der Waals surface area contributed by atoms with Crippen molar-refractivity contribution in [1.82, 2.24) is 14.2 Å². The van der Waals surface area contributed by atoms with Crippen LogP contribution in [0.5, 0.6) is 0 Å². The van der Waals surface area contributed by atoms with Gasteiger partial charge in [-0.25, -0.2) is 4.79 Å². The van der Waals surface area contributed by atoms with Crippen LogP contribution in [-0.2, 0) is 11.3 Å². The van der Waals surface area contributed by atoms with Crippen LogP contribution < -0.4 is 16.6 Å². The van der Waals surface area contributed by atoms with Crippen LogP contribution in [0.1, 0.15) is 11.1 Å². The van der Waals surface area contributed by atoms with Crippen molar-refractivity contribution in [2.75, 3.05) is 5.32 Å². The fourth-order valence-corrected chi connectivity index (χ4v) is 3.88. The summed E-state index contributed by atoms with van der Waals surface area (Å²) in [7, 11) is 0. The van der Waals surface area contributed by atoms with Gasteiger partial charge in [0.25, 0.3) is 5.56 Å². The SMILES string of the molecule is Cc1ccc(NC(=O)Cn2cc(C=Nn3c(=O)[nH]c4ccccc4c3=O)c3ccccc32)cc1. The molecule has 34 heavy (non-hydrogen) atoms. The number of H-pyrrole nitrogens is 1. The van der Waals surface area contributed by atoms with Gasteiger partial charge in [-0.15, -0.1) is 4.68 Å².